The fourth-order valence-corrected chi connectivity index (χ4v) is 1.67. The number of carbonyl (C=O) groups is 1. The minimum absolute atomic E-state index is 0.336. The van der Waals surface area contributed by atoms with E-state index in [2.05, 4.69) is 6.08 Å². The average Bonchev–Trinajstić information content (AvgIpc) is 2.88. The van der Waals surface area contributed by atoms with E-state index in [1.54, 1.807) is 0 Å². The molecule has 0 atom stereocenters. The summed E-state index contributed by atoms with van der Waals surface area (Å²) in [5.74, 6) is 0.336. The lowest BCUT2D eigenvalue weighted by Gasteiger charge is -2.11. The predicted molar refractivity (Wildman–Crippen MR) is 47.7 cm³/mol. The molecule has 0 aromatic rings. The van der Waals surface area contributed by atoms with Gasteiger partial charge in [-0.2, -0.15) is 0 Å². The van der Waals surface area contributed by atoms with Crippen LogP contribution in [0.2, 0.25) is 0 Å². The van der Waals surface area contributed by atoms with Crippen molar-refractivity contribution in [3.63, 3.8) is 0 Å². The Morgan fingerprint density at radius 3 is 2.83 bits per heavy atom. The lowest BCUT2D eigenvalue weighted by Crippen LogP contribution is -2.11. The summed E-state index contributed by atoms with van der Waals surface area (Å²) in [6.45, 7) is 1.98. The molecule has 1 aliphatic heterocycles. The maximum absolute atomic E-state index is 11.4. The van der Waals surface area contributed by atoms with Crippen molar-refractivity contribution < 1.29 is 4.79 Å². The van der Waals surface area contributed by atoms with Crippen LogP contribution < -0.4 is 0 Å². The number of rotatable bonds is 2. The summed E-state index contributed by atoms with van der Waals surface area (Å²) in [6.07, 6.45) is 7.87. The van der Waals surface area contributed by atoms with E-state index in [1.165, 1.54) is 24.8 Å². The van der Waals surface area contributed by atoms with Crippen LogP contribution in [0.1, 0.15) is 32.1 Å². The Morgan fingerprint density at radius 1 is 1.42 bits per heavy atom. The molecule has 2 nitrogen and oxygen atoms in total. The zero-order valence-corrected chi connectivity index (χ0v) is 7.38. The number of amides is 1. The summed E-state index contributed by atoms with van der Waals surface area (Å²) in [7, 11) is 0. The molecule has 1 saturated heterocycles. The maximum atomic E-state index is 11.4. The van der Waals surface area contributed by atoms with Crippen molar-refractivity contribution in [1.29, 1.82) is 0 Å². The Balaban J connectivity index is 1.84. The molecule has 2 rings (SSSR count). The van der Waals surface area contributed by atoms with Crippen LogP contribution in [0.3, 0.4) is 0 Å². The topological polar surface area (TPSA) is 20.1 Å². The number of hydrogen-bond acceptors (Lipinski definition) is 1. The van der Waals surface area contributed by atoms with Crippen LogP contribution >= 0.6 is 0 Å². The summed E-state index contributed by atoms with van der Waals surface area (Å²) >= 11 is 0. The van der Waals surface area contributed by atoms with Crippen LogP contribution in [0.5, 0.6) is 0 Å². The molecule has 2 aliphatic rings. The molecule has 0 radical (unpaired) electrons. The first kappa shape index (κ1) is 7.84. The Morgan fingerprint density at radius 2 is 2.25 bits per heavy atom. The number of allylic oxidation sites excluding steroid dienone is 1. The van der Waals surface area contributed by atoms with E-state index >= 15 is 0 Å². The van der Waals surface area contributed by atoms with E-state index in [-0.39, 0.29) is 0 Å². The molecule has 1 aliphatic carbocycles. The second kappa shape index (κ2) is 3.30. The molecule has 66 valence electrons. The quantitative estimate of drug-likeness (QED) is 0.450. The van der Waals surface area contributed by atoms with Crippen LogP contribution in [0.25, 0.3) is 0 Å². The molecule has 0 saturated carbocycles. The van der Waals surface area contributed by atoms with Gasteiger partial charge in [-0.05, 0) is 25.7 Å². The molecular formula is C10H15NO. The highest BCUT2D eigenvalue weighted by Gasteiger charge is 2.24. The van der Waals surface area contributed by atoms with Crippen LogP contribution in [-0.4, -0.2) is 23.9 Å². The summed E-state index contributed by atoms with van der Waals surface area (Å²) in [4.78, 5) is 13.3. The molecule has 0 unspecified atom stereocenters. The standard InChI is InChI=1S/C10H15NO/c12-10(11-6-7-11)8-9-4-2-1-3-5-9/h4H,1-3,5-8H2. The largest absolute Gasteiger partial charge is 0.339 e. The van der Waals surface area contributed by atoms with Crippen molar-refractivity contribution in [2.75, 3.05) is 13.1 Å². The second-order valence-corrected chi connectivity index (χ2v) is 3.67. The van der Waals surface area contributed by atoms with Crippen LogP contribution in [0.15, 0.2) is 11.6 Å². The smallest absolute Gasteiger partial charge is 0.226 e. The number of hydrogen-bond donors (Lipinski definition) is 0. The van der Waals surface area contributed by atoms with Gasteiger partial charge in [-0.25, -0.2) is 0 Å². The molecule has 0 N–H and O–H groups in total. The highest BCUT2D eigenvalue weighted by atomic mass is 16.2. The van der Waals surface area contributed by atoms with Gasteiger partial charge in [0.25, 0.3) is 0 Å². The Kier molecular flexibility index (Phi) is 2.15. The summed E-state index contributed by atoms with van der Waals surface area (Å²) in [6, 6.07) is 0. The second-order valence-electron chi connectivity index (χ2n) is 3.67. The van der Waals surface area contributed by atoms with Gasteiger partial charge in [0, 0.05) is 19.5 Å². The van der Waals surface area contributed by atoms with E-state index in [0.29, 0.717) is 12.3 Å². The molecule has 1 fully saturated rings. The van der Waals surface area contributed by atoms with Gasteiger partial charge >= 0.3 is 0 Å². The van der Waals surface area contributed by atoms with Crippen molar-refractivity contribution in [2.24, 2.45) is 0 Å². The van der Waals surface area contributed by atoms with Gasteiger partial charge in [0.05, 0.1) is 0 Å². The van der Waals surface area contributed by atoms with Crippen LogP contribution in [0.4, 0.5) is 0 Å². The van der Waals surface area contributed by atoms with E-state index in [0.717, 1.165) is 19.5 Å². The minimum Gasteiger partial charge on any atom is -0.339 e. The molecule has 1 amide bonds. The molecule has 0 spiro atoms. The third kappa shape index (κ3) is 1.87. The first-order valence-corrected chi connectivity index (χ1v) is 4.82. The van der Waals surface area contributed by atoms with Crippen molar-refractivity contribution in [1.82, 2.24) is 4.90 Å². The molecule has 0 bridgehead atoms. The number of nitrogens with zero attached hydrogens (tertiary/aromatic N) is 1. The van der Waals surface area contributed by atoms with Gasteiger partial charge < -0.3 is 4.90 Å². The zero-order valence-electron chi connectivity index (χ0n) is 7.38. The molecule has 0 aromatic heterocycles. The number of carbonyl (C=O) groups excluding carboxylic acids is 1. The van der Waals surface area contributed by atoms with E-state index in [1.807, 2.05) is 4.90 Å². The van der Waals surface area contributed by atoms with Gasteiger partial charge in [0.1, 0.15) is 0 Å². The van der Waals surface area contributed by atoms with Gasteiger partial charge in [-0.3, -0.25) is 4.79 Å². The van der Waals surface area contributed by atoms with Crippen LogP contribution in [-0.2, 0) is 4.79 Å². The average molecular weight is 165 g/mol. The molecule has 1 heterocycles. The Bertz CT molecular complexity index is 216. The maximum Gasteiger partial charge on any atom is 0.226 e. The van der Waals surface area contributed by atoms with Gasteiger partial charge in [-0.1, -0.05) is 11.6 Å². The van der Waals surface area contributed by atoms with Crippen molar-refractivity contribution >= 4 is 5.91 Å². The van der Waals surface area contributed by atoms with Crippen molar-refractivity contribution in [3.05, 3.63) is 11.6 Å². The zero-order chi connectivity index (χ0) is 8.39. The highest BCUT2D eigenvalue weighted by molar-refractivity contribution is 5.80. The van der Waals surface area contributed by atoms with E-state index in [4.69, 9.17) is 0 Å². The fraction of sp³-hybridized carbons (Fsp3) is 0.700. The first-order valence-electron chi connectivity index (χ1n) is 4.82. The van der Waals surface area contributed by atoms with E-state index < -0.39 is 0 Å². The normalized spacial score (nSPS) is 22.0. The van der Waals surface area contributed by atoms with Crippen molar-refractivity contribution in [2.45, 2.75) is 32.1 Å². The molecule has 12 heavy (non-hydrogen) atoms. The highest BCUT2D eigenvalue weighted by Crippen LogP contribution is 2.21. The molecule has 0 aromatic carbocycles. The Hall–Kier alpha value is -0.790. The summed E-state index contributed by atoms with van der Waals surface area (Å²) in [5, 5.41) is 0. The lowest BCUT2D eigenvalue weighted by molar-refractivity contribution is -0.125. The monoisotopic (exact) mass is 165 g/mol. The fourth-order valence-electron chi connectivity index (χ4n) is 1.67. The summed E-state index contributed by atoms with van der Waals surface area (Å²) in [5.41, 5.74) is 1.37. The van der Waals surface area contributed by atoms with Crippen LogP contribution in [0, 0.1) is 0 Å². The summed E-state index contributed by atoms with van der Waals surface area (Å²) < 4.78 is 0. The van der Waals surface area contributed by atoms with Gasteiger partial charge in [0.15, 0.2) is 0 Å². The third-order valence-electron chi connectivity index (χ3n) is 2.56. The van der Waals surface area contributed by atoms with Crippen molar-refractivity contribution in [3.8, 4) is 0 Å². The van der Waals surface area contributed by atoms with E-state index in [9.17, 15) is 4.79 Å². The SMILES string of the molecule is O=C(CC1=CCCCC1)N1CC1. The third-order valence-corrected chi connectivity index (χ3v) is 2.56. The predicted octanol–water partition coefficient (Wildman–Crippen LogP) is 1.72. The molecule has 2 heteroatoms. The Labute approximate surface area is 73.2 Å². The minimum atomic E-state index is 0.336. The van der Waals surface area contributed by atoms with Gasteiger partial charge in [0.2, 0.25) is 5.91 Å². The molecular weight excluding hydrogens is 150 g/mol. The first-order chi connectivity index (χ1) is 5.86. The van der Waals surface area contributed by atoms with Gasteiger partial charge in [-0.15, -0.1) is 0 Å². The lowest BCUT2D eigenvalue weighted by atomic mass is 9.97.